The molecule has 3 aliphatic carbocycles. The number of hydrogen-bond acceptors (Lipinski definition) is 6. The fourth-order valence-corrected chi connectivity index (χ4v) is 5.18. The Hall–Kier alpha value is -2.96. The van der Waals surface area contributed by atoms with E-state index in [2.05, 4.69) is 37.5 Å². The molecule has 2 bridgehead atoms. The van der Waals surface area contributed by atoms with E-state index in [1.165, 1.54) is 24.0 Å². The van der Waals surface area contributed by atoms with Gasteiger partial charge in [0.15, 0.2) is 11.5 Å². The van der Waals surface area contributed by atoms with Crippen molar-refractivity contribution in [2.75, 3.05) is 18.0 Å². The lowest BCUT2D eigenvalue weighted by Gasteiger charge is -2.58. The van der Waals surface area contributed by atoms with E-state index in [4.69, 9.17) is 4.74 Å². The lowest BCUT2D eigenvalue weighted by Crippen LogP contribution is -2.63. The molecule has 3 heterocycles. The van der Waals surface area contributed by atoms with Crippen LogP contribution in [-0.4, -0.2) is 47.6 Å². The molecular formula is C24H27N5O2. The molecule has 4 fully saturated rings. The van der Waals surface area contributed by atoms with Gasteiger partial charge in [-0.3, -0.25) is 9.79 Å². The van der Waals surface area contributed by atoms with Crippen molar-refractivity contribution in [2.45, 2.75) is 51.3 Å². The van der Waals surface area contributed by atoms with Crippen molar-refractivity contribution in [3.8, 4) is 5.75 Å². The first kappa shape index (κ1) is 18.8. The summed E-state index contributed by atoms with van der Waals surface area (Å²) in [5.74, 6) is 3.08. The molecule has 7 nitrogen and oxygen atoms in total. The van der Waals surface area contributed by atoms with E-state index in [-0.39, 0.29) is 12.0 Å². The molecule has 2 aromatic rings. The molecule has 7 heteroatoms. The van der Waals surface area contributed by atoms with Crippen LogP contribution in [0, 0.1) is 18.8 Å². The number of aliphatic imine (C=N–C) groups is 1. The van der Waals surface area contributed by atoms with Crippen molar-refractivity contribution >= 4 is 17.9 Å². The highest BCUT2D eigenvalue weighted by Gasteiger charge is 2.53. The fraction of sp³-hybridized carbons (Fsp3) is 0.500. The van der Waals surface area contributed by atoms with Crippen LogP contribution in [0.5, 0.6) is 5.75 Å². The Morgan fingerprint density at radius 3 is 2.65 bits per heavy atom. The van der Waals surface area contributed by atoms with Crippen LogP contribution in [0.1, 0.15) is 52.9 Å². The number of benzene rings is 1. The highest BCUT2D eigenvalue weighted by Crippen LogP contribution is 2.53. The number of rotatable bonds is 5. The highest BCUT2D eigenvalue weighted by molar-refractivity contribution is 5.93. The van der Waals surface area contributed by atoms with Crippen LogP contribution in [-0.2, 0) is 6.54 Å². The third-order valence-corrected chi connectivity index (χ3v) is 7.37. The number of carbonyl (C=O) groups is 1. The van der Waals surface area contributed by atoms with Gasteiger partial charge in [0.2, 0.25) is 0 Å². The van der Waals surface area contributed by atoms with E-state index in [0.717, 1.165) is 49.6 Å². The second kappa shape index (κ2) is 7.32. The standard InChI is InChI=1S/C24H27N5O2/c1-14-8-21(24(30)26-22-16-9-17(22)10-16)27-28-23(14)29-6-4-19(5-7-29)31-20-3-2-15-12-25-13-18(15)11-20/h2-3,8,11,13,16-17,19,22H,4-7,9-10,12H2,1H3,(H,26,30). The number of anilines is 1. The first-order valence-electron chi connectivity index (χ1n) is 11.3. The van der Waals surface area contributed by atoms with Crippen LogP contribution in [0.4, 0.5) is 5.82 Å². The zero-order valence-corrected chi connectivity index (χ0v) is 17.8. The third-order valence-electron chi connectivity index (χ3n) is 7.37. The van der Waals surface area contributed by atoms with Crippen LogP contribution in [0.3, 0.4) is 0 Å². The van der Waals surface area contributed by atoms with Crippen molar-refractivity contribution in [1.29, 1.82) is 0 Å². The molecule has 7 rings (SSSR count). The van der Waals surface area contributed by atoms with Gasteiger partial charge in [0.1, 0.15) is 11.9 Å². The molecule has 160 valence electrons. The summed E-state index contributed by atoms with van der Waals surface area (Å²) in [6, 6.07) is 8.48. The lowest BCUT2D eigenvalue weighted by atomic mass is 9.52. The average molecular weight is 418 g/mol. The smallest absolute Gasteiger partial charge is 0.272 e. The maximum Gasteiger partial charge on any atom is 0.272 e. The van der Waals surface area contributed by atoms with E-state index in [1.54, 1.807) is 0 Å². The van der Waals surface area contributed by atoms with E-state index < -0.39 is 0 Å². The van der Waals surface area contributed by atoms with Crippen molar-refractivity contribution in [1.82, 2.24) is 15.5 Å². The maximum atomic E-state index is 12.5. The molecule has 1 amide bonds. The minimum absolute atomic E-state index is 0.0898. The summed E-state index contributed by atoms with van der Waals surface area (Å²) in [6.07, 6.45) is 6.52. The SMILES string of the molecule is Cc1cc(C(=O)NC2C3CC2C3)nnc1N1CCC(Oc2ccc3c(c2)C=NC3)CC1. The molecular weight excluding hydrogens is 390 g/mol. The zero-order valence-electron chi connectivity index (χ0n) is 17.8. The summed E-state index contributed by atoms with van der Waals surface area (Å²) >= 11 is 0. The topological polar surface area (TPSA) is 79.7 Å². The number of amides is 1. The molecule has 1 N–H and O–H groups in total. The Balaban J connectivity index is 1.05. The largest absolute Gasteiger partial charge is 0.490 e. The predicted octanol–water partition coefficient (Wildman–Crippen LogP) is 2.90. The molecule has 1 aromatic carbocycles. The summed E-state index contributed by atoms with van der Waals surface area (Å²) in [7, 11) is 0. The molecule has 5 aliphatic rings. The van der Waals surface area contributed by atoms with Crippen molar-refractivity contribution < 1.29 is 9.53 Å². The van der Waals surface area contributed by atoms with Gasteiger partial charge in [0.25, 0.3) is 5.91 Å². The molecule has 0 unspecified atom stereocenters. The van der Waals surface area contributed by atoms with Gasteiger partial charge in [-0.1, -0.05) is 6.07 Å². The fourth-order valence-electron chi connectivity index (χ4n) is 5.18. The van der Waals surface area contributed by atoms with Gasteiger partial charge < -0.3 is 15.0 Å². The summed E-state index contributed by atoms with van der Waals surface area (Å²) < 4.78 is 6.23. The number of nitrogens with one attached hydrogen (secondary N) is 1. The Kier molecular flexibility index (Phi) is 4.44. The minimum Gasteiger partial charge on any atom is -0.490 e. The maximum absolute atomic E-state index is 12.5. The van der Waals surface area contributed by atoms with Crippen LogP contribution in [0.15, 0.2) is 29.3 Å². The Morgan fingerprint density at radius 1 is 1.13 bits per heavy atom. The van der Waals surface area contributed by atoms with E-state index in [1.807, 2.05) is 25.3 Å². The van der Waals surface area contributed by atoms with Crippen LogP contribution < -0.4 is 15.0 Å². The highest BCUT2D eigenvalue weighted by atomic mass is 16.5. The lowest BCUT2D eigenvalue weighted by molar-refractivity contribution is -0.0367. The van der Waals surface area contributed by atoms with Gasteiger partial charge >= 0.3 is 0 Å². The first-order valence-corrected chi connectivity index (χ1v) is 11.3. The second-order valence-corrected chi connectivity index (χ2v) is 9.36. The normalized spacial score (nSPS) is 26.1. The molecule has 1 saturated heterocycles. The quantitative estimate of drug-likeness (QED) is 0.809. The van der Waals surface area contributed by atoms with E-state index >= 15 is 0 Å². The molecule has 1 aromatic heterocycles. The van der Waals surface area contributed by atoms with Gasteiger partial charge in [-0.15, -0.1) is 10.2 Å². The Bertz CT molecular complexity index is 1050. The molecule has 0 radical (unpaired) electrons. The third kappa shape index (κ3) is 3.36. The van der Waals surface area contributed by atoms with Crippen molar-refractivity contribution in [2.24, 2.45) is 16.8 Å². The molecule has 0 atom stereocenters. The summed E-state index contributed by atoms with van der Waals surface area (Å²) in [4.78, 5) is 19.0. The number of hydrogen-bond donors (Lipinski definition) is 1. The van der Waals surface area contributed by atoms with Gasteiger partial charge in [-0.25, -0.2) is 0 Å². The number of fused-ring (bicyclic) bond motifs is 1. The Labute approximate surface area is 181 Å². The molecule has 31 heavy (non-hydrogen) atoms. The number of ether oxygens (including phenoxy) is 1. The monoisotopic (exact) mass is 417 g/mol. The number of piperidine rings is 1. The number of carbonyl (C=O) groups excluding carboxylic acids is 1. The number of nitrogens with zero attached hydrogens (tertiary/aromatic N) is 4. The minimum atomic E-state index is -0.0898. The zero-order chi connectivity index (χ0) is 20.9. The summed E-state index contributed by atoms with van der Waals surface area (Å²) in [6.45, 7) is 4.51. The molecule has 3 saturated carbocycles. The summed E-state index contributed by atoms with van der Waals surface area (Å²) in [5.41, 5.74) is 3.85. The van der Waals surface area contributed by atoms with E-state index in [9.17, 15) is 4.79 Å². The van der Waals surface area contributed by atoms with Gasteiger partial charge in [0.05, 0.1) is 6.54 Å². The van der Waals surface area contributed by atoms with E-state index in [0.29, 0.717) is 23.6 Å². The molecule has 0 spiro atoms. The van der Waals surface area contributed by atoms with Gasteiger partial charge in [0, 0.05) is 43.8 Å². The van der Waals surface area contributed by atoms with Crippen LogP contribution >= 0.6 is 0 Å². The molecule has 2 aliphatic heterocycles. The summed E-state index contributed by atoms with van der Waals surface area (Å²) in [5, 5.41) is 11.8. The van der Waals surface area contributed by atoms with Crippen LogP contribution in [0.25, 0.3) is 0 Å². The average Bonchev–Trinajstić information content (AvgIpc) is 3.19. The van der Waals surface area contributed by atoms with Crippen molar-refractivity contribution in [3.63, 3.8) is 0 Å². The predicted molar refractivity (Wildman–Crippen MR) is 118 cm³/mol. The van der Waals surface area contributed by atoms with Crippen molar-refractivity contribution in [3.05, 3.63) is 46.6 Å². The second-order valence-electron chi connectivity index (χ2n) is 9.36. The Morgan fingerprint density at radius 2 is 1.94 bits per heavy atom. The number of aromatic nitrogens is 2. The van der Waals surface area contributed by atoms with Gasteiger partial charge in [-0.05, 0) is 60.9 Å². The number of aryl methyl sites for hydroxylation is 1. The van der Waals surface area contributed by atoms with Crippen LogP contribution in [0.2, 0.25) is 0 Å². The first-order chi connectivity index (χ1) is 15.1. The van der Waals surface area contributed by atoms with Gasteiger partial charge in [-0.2, -0.15) is 0 Å².